The van der Waals surface area contributed by atoms with Crippen molar-refractivity contribution in [2.45, 2.75) is 38.0 Å². The van der Waals surface area contributed by atoms with Crippen LogP contribution in [0.2, 0.25) is 0 Å². The summed E-state index contributed by atoms with van der Waals surface area (Å²) in [6.45, 7) is 8.94. The van der Waals surface area contributed by atoms with Gasteiger partial charge in [-0.25, -0.2) is 13.8 Å². The van der Waals surface area contributed by atoms with E-state index in [1.165, 1.54) is 5.56 Å². The highest BCUT2D eigenvalue weighted by Crippen LogP contribution is 2.43. The topological polar surface area (TPSA) is 65.6 Å². The van der Waals surface area contributed by atoms with Gasteiger partial charge in [-0.2, -0.15) is 4.98 Å². The van der Waals surface area contributed by atoms with Crippen molar-refractivity contribution in [3.05, 3.63) is 48.3 Å². The van der Waals surface area contributed by atoms with Crippen LogP contribution in [0, 0.1) is 5.92 Å². The Morgan fingerprint density at radius 1 is 1.27 bits per heavy atom. The fraction of sp³-hybridized carbons (Fsp3) is 0.391. The van der Waals surface area contributed by atoms with Crippen LogP contribution in [0.1, 0.15) is 37.8 Å². The number of nitrogens with zero attached hydrogens (tertiary/aromatic N) is 2. The zero-order valence-corrected chi connectivity index (χ0v) is 17.1. The first-order valence-electron chi connectivity index (χ1n) is 10.3. The average molecular weight is 409 g/mol. The molecular weight excluding hydrogens is 384 g/mol. The van der Waals surface area contributed by atoms with Crippen LogP contribution in [-0.4, -0.2) is 34.0 Å². The molecular formula is C23H25F2N5. The summed E-state index contributed by atoms with van der Waals surface area (Å²) < 4.78 is 27.9. The molecule has 1 aliphatic carbocycles. The molecule has 1 fully saturated rings. The van der Waals surface area contributed by atoms with Crippen molar-refractivity contribution >= 4 is 22.7 Å². The van der Waals surface area contributed by atoms with Gasteiger partial charge in [0, 0.05) is 52.5 Å². The molecule has 2 aromatic heterocycles. The van der Waals surface area contributed by atoms with Gasteiger partial charge in [-0.3, -0.25) is 0 Å². The van der Waals surface area contributed by atoms with Crippen molar-refractivity contribution < 1.29 is 8.78 Å². The Balaban J connectivity index is 1.45. The smallest absolute Gasteiger partial charge is 0.267 e. The highest BCUT2D eigenvalue weighted by atomic mass is 19.3. The second-order valence-electron chi connectivity index (χ2n) is 9.02. The summed E-state index contributed by atoms with van der Waals surface area (Å²) in [6.07, 6.45) is 4.77. The van der Waals surface area contributed by atoms with Crippen LogP contribution >= 0.6 is 0 Å². The van der Waals surface area contributed by atoms with E-state index in [0.29, 0.717) is 18.5 Å². The van der Waals surface area contributed by atoms with Gasteiger partial charge in [-0.15, -0.1) is 0 Å². The summed E-state index contributed by atoms with van der Waals surface area (Å²) in [5.74, 6) is -3.01. The van der Waals surface area contributed by atoms with Gasteiger partial charge in [0.05, 0.1) is 6.54 Å². The minimum Gasteiger partial charge on any atom is -0.384 e. The number of hydrogen-bond acceptors (Lipinski definition) is 4. The molecule has 3 aromatic rings. The zero-order chi connectivity index (χ0) is 21.1. The van der Waals surface area contributed by atoms with Gasteiger partial charge in [-0.05, 0) is 30.0 Å². The second kappa shape index (κ2) is 6.52. The molecule has 5 nitrogen and oxygen atoms in total. The third-order valence-electron chi connectivity index (χ3n) is 6.22. The summed E-state index contributed by atoms with van der Waals surface area (Å²) in [5.41, 5.74) is 5.99. The van der Waals surface area contributed by atoms with E-state index in [1.54, 1.807) is 6.20 Å². The number of aromatic nitrogens is 3. The summed E-state index contributed by atoms with van der Waals surface area (Å²) in [4.78, 5) is 11.8. The van der Waals surface area contributed by atoms with Crippen molar-refractivity contribution in [3.63, 3.8) is 0 Å². The highest BCUT2D eigenvalue weighted by Gasteiger charge is 2.46. The van der Waals surface area contributed by atoms with E-state index in [-0.39, 0.29) is 11.4 Å². The van der Waals surface area contributed by atoms with Crippen LogP contribution in [-0.2, 0) is 5.41 Å². The number of rotatable bonds is 5. The molecule has 0 amide bonds. The van der Waals surface area contributed by atoms with Gasteiger partial charge in [0.1, 0.15) is 5.65 Å². The molecule has 0 atom stereocenters. The van der Waals surface area contributed by atoms with Crippen molar-refractivity contribution in [2.24, 2.45) is 5.92 Å². The van der Waals surface area contributed by atoms with E-state index < -0.39 is 18.4 Å². The fourth-order valence-electron chi connectivity index (χ4n) is 4.13. The Morgan fingerprint density at radius 3 is 2.83 bits per heavy atom. The maximum Gasteiger partial charge on any atom is 0.267 e. The van der Waals surface area contributed by atoms with Gasteiger partial charge >= 0.3 is 0 Å². The zero-order valence-electron chi connectivity index (χ0n) is 17.1. The summed E-state index contributed by atoms with van der Waals surface area (Å²) in [5, 5.41) is 6.93. The first-order chi connectivity index (χ1) is 14.2. The number of alkyl halides is 2. The lowest BCUT2D eigenvalue weighted by Crippen LogP contribution is -2.37. The number of halogens is 2. The lowest BCUT2D eigenvalue weighted by atomic mass is 9.77. The van der Waals surface area contributed by atoms with Crippen LogP contribution in [0.25, 0.3) is 27.9 Å². The van der Waals surface area contributed by atoms with Gasteiger partial charge in [0.25, 0.3) is 5.92 Å². The van der Waals surface area contributed by atoms with Gasteiger partial charge in [0.2, 0.25) is 5.95 Å². The SMILES string of the molecule is C=C1NCC(C)(C)c2cc(-c3c[nH]c4nc(NCC(F)(F)C5CC5)ncc34)ccc21. The highest BCUT2D eigenvalue weighted by molar-refractivity contribution is 5.94. The van der Waals surface area contributed by atoms with E-state index in [0.717, 1.165) is 34.3 Å². The summed E-state index contributed by atoms with van der Waals surface area (Å²) >= 11 is 0. The van der Waals surface area contributed by atoms with Crippen LogP contribution < -0.4 is 10.6 Å². The number of H-pyrrole nitrogens is 1. The summed E-state index contributed by atoms with van der Waals surface area (Å²) in [6, 6.07) is 6.36. The molecule has 0 bridgehead atoms. The normalized spacial score (nSPS) is 18.2. The van der Waals surface area contributed by atoms with Crippen LogP contribution in [0.15, 0.2) is 37.2 Å². The predicted octanol–water partition coefficient (Wildman–Crippen LogP) is 4.93. The number of benzene rings is 1. The Bertz CT molecular complexity index is 1140. The number of hydrogen-bond donors (Lipinski definition) is 3. The Labute approximate surface area is 174 Å². The lowest BCUT2D eigenvalue weighted by Gasteiger charge is -2.35. The number of anilines is 1. The molecule has 156 valence electrons. The first kappa shape index (κ1) is 19.0. The predicted molar refractivity (Wildman–Crippen MR) is 116 cm³/mol. The molecule has 1 aromatic carbocycles. The van der Waals surface area contributed by atoms with E-state index >= 15 is 0 Å². The van der Waals surface area contributed by atoms with E-state index in [9.17, 15) is 8.78 Å². The minimum absolute atomic E-state index is 0.0149. The largest absolute Gasteiger partial charge is 0.384 e. The first-order valence-corrected chi connectivity index (χ1v) is 10.3. The molecule has 2 aliphatic rings. The summed E-state index contributed by atoms with van der Waals surface area (Å²) in [7, 11) is 0. The van der Waals surface area contributed by atoms with E-state index in [4.69, 9.17) is 0 Å². The van der Waals surface area contributed by atoms with E-state index in [1.807, 2.05) is 6.20 Å². The molecule has 0 spiro atoms. The number of fused-ring (bicyclic) bond motifs is 2. The Kier molecular flexibility index (Phi) is 4.14. The third kappa shape index (κ3) is 3.22. The van der Waals surface area contributed by atoms with Gasteiger partial charge in [0.15, 0.2) is 0 Å². The van der Waals surface area contributed by atoms with Crippen molar-refractivity contribution in [3.8, 4) is 11.1 Å². The molecule has 3 heterocycles. The second-order valence-corrected chi connectivity index (χ2v) is 9.02. The molecule has 7 heteroatoms. The maximum atomic E-state index is 13.9. The molecule has 0 saturated heterocycles. The van der Waals surface area contributed by atoms with E-state index in [2.05, 4.69) is 64.2 Å². The Morgan fingerprint density at radius 2 is 2.07 bits per heavy atom. The van der Waals surface area contributed by atoms with Crippen LogP contribution in [0.3, 0.4) is 0 Å². The molecule has 3 N–H and O–H groups in total. The van der Waals surface area contributed by atoms with Crippen LogP contribution in [0.5, 0.6) is 0 Å². The van der Waals surface area contributed by atoms with Gasteiger partial charge in [-0.1, -0.05) is 32.6 Å². The fourth-order valence-corrected chi connectivity index (χ4v) is 4.13. The van der Waals surface area contributed by atoms with Crippen molar-refractivity contribution in [1.82, 2.24) is 20.3 Å². The monoisotopic (exact) mass is 409 g/mol. The van der Waals surface area contributed by atoms with Crippen molar-refractivity contribution in [2.75, 3.05) is 18.4 Å². The standard InChI is InChI=1S/C23H25F2N5/c1-13-16-7-4-14(8-19(16)22(2,3)11-28-13)17-9-26-20-18(17)10-27-21(30-20)29-12-23(24,25)15-5-6-15/h4,7-10,15,28H,1,5-6,11-12H2,2-3H3,(H2,26,27,29,30). The molecule has 5 rings (SSSR count). The molecule has 1 aliphatic heterocycles. The van der Waals surface area contributed by atoms with Crippen LogP contribution in [0.4, 0.5) is 14.7 Å². The quantitative estimate of drug-likeness (QED) is 0.559. The average Bonchev–Trinajstić information content (AvgIpc) is 3.50. The minimum atomic E-state index is -2.71. The maximum absolute atomic E-state index is 13.9. The Hall–Kier alpha value is -2.96. The number of nitrogens with one attached hydrogen (secondary N) is 3. The molecule has 1 saturated carbocycles. The van der Waals surface area contributed by atoms with Gasteiger partial charge < -0.3 is 15.6 Å². The number of aromatic amines is 1. The van der Waals surface area contributed by atoms with Crippen molar-refractivity contribution in [1.29, 1.82) is 0 Å². The lowest BCUT2D eigenvalue weighted by molar-refractivity contribution is -0.00831. The molecule has 0 unspecified atom stereocenters. The molecule has 30 heavy (non-hydrogen) atoms. The third-order valence-corrected chi connectivity index (χ3v) is 6.22. The molecule has 0 radical (unpaired) electrons.